The Morgan fingerprint density at radius 2 is 1.90 bits per heavy atom. The quantitative estimate of drug-likeness (QED) is 0.597. The van der Waals surface area contributed by atoms with E-state index in [1.54, 1.807) is 0 Å². The van der Waals surface area contributed by atoms with E-state index in [0.717, 1.165) is 37.6 Å². The number of piperidine rings is 1. The monoisotopic (exact) mass is 406 g/mol. The summed E-state index contributed by atoms with van der Waals surface area (Å²) in [4.78, 5) is 2.13. The topological polar surface area (TPSA) is 65.0 Å². The third kappa shape index (κ3) is 7.04. The number of hydrogen-bond acceptors (Lipinski definition) is 5. The van der Waals surface area contributed by atoms with Crippen LogP contribution in [0.3, 0.4) is 0 Å². The van der Waals surface area contributed by atoms with Gasteiger partial charge in [-0.1, -0.05) is 18.2 Å². The van der Waals surface area contributed by atoms with E-state index < -0.39 is 17.7 Å². The number of aliphatic hydroxyl groups is 2. The highest BCUT2D eigenvalue weighted by Gasteiger charge is 2.19. The lowest BCUT2D eigenvalue weighted by Crippen LogP contribution is -2.41. The Morgan fingerprint density at radius 3 is 2.66 bits per heavy atom. The number of nitrogens with one attached hydrogen (secondary N) is 1. The molecule has 7 heteroatoms. The van der Waals surface area contributed by atoms with Crippen LogP contribution >= 0.6 is 0 Å². The summed E-state index contributed by atoms with van der Waals surface area (Å²) in [5, 5.41) is 22.9. The van der Waals surface area contributed by atoms with Gasteiger partial charge in [0.05, 0.1) is 6.10 Å². The van der Waals surface area contributed by atoms with E-state index in [2.05, 4.69) is 10.2 Å². The molecule has 0 aromatic heterocycles. The van der Waals surface area contributed by atoms with Crippen molar-refractivity contribution >= 4 is 0 Å². The summed E-state index contributed by atoms with van der Waals surface area (Å²) in [6, 6.07) is 11.0. The van der Waals surface area contributed by atoms with E-state index >= 15 is 0 Å². The predicted molar refractivity (Wildman–Crippen MR) is 107 cm³/mol. The van der Waals surface area contributed by atoms with Crippen LogP contribution in [0.25, 0.3) is 0 Å². The second kappa shape index (κ2) is 10.6. The van der Waals surface area contributed by atoms with Crippen molar-refractivity contribution in [1.29, 1.82) is 0 Å². The van der Waals surface area contributed by atoms with Gasteiger partial charge in [0.15, 0.2) is 0 Å². The molecule has 0 radical (unpaired) electrons. The molecule has 2 aromatic carbocycles. The SMILES string of the molecule is OC1CCN(CC(O)COc2cccc(CNCc3ccc(F)cc3F)c2)CC1. The highest BCUT2D eigenvalue weighted by atomic mass is 19.1. The summed E-state index contributed by atoms with van der Waals surface area (Å²) in [7, 11) is 0. The van der Waals surface area contributed by atoms with E-state index in [4.69, 9.17) is 4.74 Å². The molecule has 0 saturated carbocycles. The maximum atomic E-state index is 13.7. The summed E-state index contributed by atoms with van der Waals surface area (Å²) in [5.41, 5.74) is 1.37. The van der Waals surface area contributed by atoms with Crippen LogP contribution in [-0.4, -0.2) is 53.6 Å². The fourth-order valence-electron chi connectivity index (χ4n) is 3.40. The van der Waals surface area contributed by atoms with Gasteiger partial charge in [0.2, 0.25) is 0 Å². The Hall–Kier alpha value is -2.06. The zero-order valence-corrected chi connectivity index (χ0v) is 16.4. The van der Waals surface area contributed by atoms with Crippen LogP contribution in [0.4, 0.5) is 8.78 Å². The Bertz CT molecular complexity index is 782. The molecule has 3 N–H and O–H groups in total. The molecule has 158 valence electrons. The van der Waals surface area contributed by atoms with Crippen molar-refractivity contribution < 1.29 is 23.7 Å². The fourth-order valence-corrected chi connectivity index (χ4v) is 3.40. The average Bonchev–Trinajstić information content (AvgIpc) is 2.70. The van der Waals surface area contributed by atoms with Crippen molar-refractivity contribution in [2.45, 2.75) is 38.1 Å². The number of halogens is 2. The molecular formula is C22H28F2N2O3. The molecule has 1 unspecified atom stereocenters. The van der Waals surface area contributed by atoms with Gasteiger partial charge >= 0.3 is 0 Å². The molecule has 1 aliphatic heterocycles. The minimum absolute atomic E-state index is 0.191. The van der Waals surface area contributed by atoms with Gasteiger partial charge in [-0.15, -0.1) is 0 Å². The van der Waals surface area contributed by atoms with E-state index in [-0.39, 0.29) is 12.7 Å². The lowest BCUT2D eigenvalue weighted by molar-refractivity contribution is 0.0337. The second-order valence-corrected chi connectivity index (χ2v) is 7.48. The first kappa shape index (κ1) is 21.6. The van der Waals surface area contributed by atoms with Crippen molar-refractivity contribution in [3.63, 3.8) is 0 Å². The number of ether oxygens (including phenoxy) is 1. The summed E-state index contributed by atoms with van der Waals surface area (Å²) in [6.45, 7) is 3.09. The van der Waals surface area contributed by atoms with Crippen molar-refractivity contribution in [1.82, 2.24) is 10.2 Å². The molecule has 0 spiro atoms. The van der Waals surface area contributed by atoms with Crippen LogP contribution in [0.2, 0.25) is 0 Å². The normalized spacial score (nSPS) is 16.7. The summed E-state index contributed by atoms with van der Waals surface area (Å²) in [6.07, 6.45) is 0.651. The molecule has 2 aromatic rings. The van der Waals surface area contributed by atoms with Gasteiger partial charge in [-0.3, -0.25) is 0 Å². The first-order valence-corrected chi connectivity index (χ1v) is 9.94. The van der Waals surface area contributed by atoms with Gasteiger partial charge in [-0.25, -0.2) is 8.78 Å². The molecular weight excluding hydrogens is 378 g/mol. The number of rotatable bonds is 9. The van der Waals surface area contributed by atoms with Gasteiger partial charge in [-0.2, -0.15) is 0 Å². The summed E-state index contributed by atoms with van der Waals surface area (Å²) in [5.74, 6) is -0.492. The highest BCUT2D eigenvalue weighted by molar-refractivity contribution is 5.28. The third-order valence-corrected chi connectivity index (χ3v) is 5.03. The number of aliphatic hydroxyl groups excluding tert-OH is 2. The number of likely N-dealkylation sites (tertiary alicyclic amines) is 1. The van der Waals surface area contributed by atoms with Crippen molar-refractivity contribution in [3.05, 3.63) is 65.2 Å². The van der Waals surface area contributed by atoms with E-state index in [0.29, 0.717) is 30.9 Å². The van der Waals surface area contributed by atoms with Crippen molar-refractivity contribution in [2.75, 3.05) is 26.2 Å². The molecule has 0 aliphatic carbocycles. The molecule has 0 amide bonds. The number of hydrogen-bond donors (Lipinski definition) is 3. The van der Waals surface area contributed by atoms with Gasteiger partial charge < -0.3 is 25.2 Å². The number of benzene rings is 2. The van der Waals surface area contributed by atoms with E-state index in [1.165, 1.54) is 12.1 Å². The molecule has 5 nitrogen and oxygen atoms in total. The second-order valence-electron chi connectivity index (χ2n) is 7.48. The lowest BCUT2D eigenvalue weighted by Gasteiger charge is -2.30. The average molecular weight is 406 g/mol. The molecule has 1 heterocycles. The van der Waals surface area contributed by atoms with Gasteiger partial charge in [-0.05, 0) is 36.6 Å². The molecule has 1 fully saturated rings. The number of nitrogens with zero attached hydrogens (tertiary/aromatic N) is 1. The summed E-state index contributed by atoms with van der Waals surface area (Å²) >= 11 is 0. The van der Waals surface area contributed by atoms with Crippen LogP contribution < -0.4 is 10.1 Å². The van der Waals surface area contributed by atoms with E-state index in [1.807, 2.05) is 24.3 Å². The lowest BCUT2D eigenvalue weighted by atomic mass is 10.1. The smallest absolute Gasteiger partial charge is 0.130 e. The summed E-state index contributed by atoms with van der Waals surface area (Å²) < 4.78 is 32.3. The molecule has 1 aliphatic rings. The first-order valence-electron chi connectivity index (χ1n) is 9.94. The van der Waals surface area contributed by atoms with Gasteiger partial charge in [0, 0.05) is 44.4 Å². The number of β-amino-alcohol motifs (C(OH)–C–C–N with tert-alkyl or cyclic N) is 1. The van der Waals surface area contributed by atoms with Crippen molar-refractivity contribution in [2.24, 2.45) is 0 Å². The molecule has 0 bridgehead atoms. The van der Waals surface area contributed by atoms with Gasteiger partial charge in [0.1, 0.15) is 30.1 Å². The molecule has 1 atom stereocenters. The minimum Gasteiger partial charge on any atom is -0.491 e. The standard InChI is InChI=1S/C22H28F2N2O3/c23-18-5-4-17(22(24)11-18)13-25-12-16-2-1-3-21(10-16)29-15-20(28)14-26-8-6-19(27)7-9-26/h1-5,10-11,19-20,25,27-28H,6-9,12-15H2. The Labute approximate surface area is 169 Å². The van der Waals surface area contributed by atoms with E-state index in [9.17, 15) is 19.0 Å². The van der Waals surface area contributed by atoms with Crippen LogP contribution in [0, 0.1) is 11.6 Å². The Kier molecular flexibility index (Phi) is 7.94. The molecule has 3 rings (SSSR count). The van der Waals surface area contributed by atoms with Crippen LogP contribution in [-0.2, 0) is 13.1 Å². The van der Waals surface area contributed by atoms with Gasteiger partial charge in [0.25, 0.3) is 0 Å². The van der Waals surface area contributed by atoms with Crippen LogP contribution in [0.1, 0.15) is 24.0 Å². The molecule has 29 heavy (non-hydrogen) atoms. The van der Waals surface area contributed by atoms with Crippen molar-refractivity contribution in [3.8, 4) is 5.75 Å². The fraction of sp³-hybridized carbons (Fsp3) is 0.455. The Morgan fingerprint density at radius 1 is 1.10 bits per heavy atom. The third-order valence-electron chi connectivity index (χ3n) is 5.03. The molecule has 1 saturated heterocycles. The zero-order valence-electron chi connectivity index (χ0n) is 16.4. The predicted octanol–water partition coefficient (Wildman–Crippen LogP) is 2.45. The minimum atomic E-state index is -0.603. The highest BCUT2D eigenvalue weighted by Crippen LogP contribution is 2.15. The maximum absolute atomic E-state index is 13.7. The van der Waals surface area contributed by atoms with Crippen LogP contribution in [0.5, 0.6) is 5.75 Å². The Balaban J connectivity index is 1.41. The first-order chi connectivity index (χ1) is 14.0. The maximum Gasteiger partial charge on any atom is 0.130 e. The van der Waals surface area contributed by atoms with Crippen LogP contribution in [0.15, 0.2) is 42.5 Å². The largest absolute Gasteiger partial charge is 0.491 e. The zero-order chi connectivity index (χ0) is 20.6.